The molecule has 2 rings (SSSR count). The minimum Gasteiger partial charge on any atom is -0.481 e. The molecule has 0 radical (unpaired) electrons. The summed E-state index contributed by atoms with van der Waals surface area (Å²) < 4.78 is 39.1. The van der Waals surface area contributed by atoms with Crippen molar-refractivity contribution < 1.29 is 32.7 Å². The number of pyridine rings is 1. The first kappa shape index (κ1) is 20.4. The predicted molar refractivity (Wildman–Crippen MR) is 89.7 cm³/mol. The molecule has 0 atom stereocenters. The normalized spacial score (nSPS) is 11.1. The maximum absolute atomic E-state index is 13.0. The lowest BCUT2D eigenvalue weighted by Crippen LogP contribution is -2.26. The average Bonchev–Trinajstić information content (AvgIpc) is 2.60. The Hall–Kier alpha value is -2.94. The zero-order chi connectivity index (χ0) is 20.2. The number of halogens is 4. The molecule has 10 heteroatoms. The number of benzene rings is 1. The highest BCUT2D eigenvalue weighted by atomic mass is 35.5. The van der Waals surface area contributed by atoms with Gasteiger partial charge in [-0.2, -0.15) is 13.2 Å². The number of nitrogens with zero attached hydrogens (tertiary/aromatic N) is 1. The number of hydrogen-bond donors (Lipinski definition) is 2. The van der Waals surface area contributed by atoms with Gasteiger partial charge >= 0.3 is 12.1 Å². The van der Waals surface area contributed by atoms with Crippen molar-refractivity contribution in [3.05, 3.63) is 52.3 Å². The van der Waals surface area contributed by atoms with Crippen molar-refractivity contribution in [2.75, 3.05) is 6.54 Å². The molecule has 0 saturated heterocycles. The lowest BCUT2D eigenvalue weighted by Gasteiger charge is -2.13. The Labute approximate surface area is 156 Å². The Bertz CT molecular complexity index is 883. The summed E-state index contributed by atoms with van der Waals surface area (Å²) in [6.07, 6.45) is -3.46. The van der Waals surface area contributed by atoms with Gasteiger partial charge in [0.25, 0.3) is 5.91 Å². The molecule has 0 bridgehead atoms. The number of carboxylic acids is 1. The first-order chi connectivity index (χ1) is 12.6. The van der Waals surface area contributed by atoms with Crippen molar-refractivity contribution in [1.29, 1.82) is 0 Å². The summed E-state index contributed by atoms with van der Waals surface area (Å²) in [5.74, 6) is -1.71. The average molecular weight is 401 g/mol. The molecule has 142 valence electrons. The number of aldehydes is 1. The van der Waals surface area contributed by atoms with E-state index in [1.807, 2.05) is 0 Å². The van der Waals surface area contributed by atoms with Gasteiger partial charge in [-0.25, -0.2) is 0 Å². The number of aromatic nitrogens is 1. The van der Waals surface area contributed by atoms with E-state index in [0.717, 1.165) is 18.3 Å². The van der Waals surface area contributed by atoms with Crippen LogP contribution in [0.3, 0.4) is 0 Å². The number of carbonyl (C=O) groups is 3. The highest BCUT2D eigenvalue weighted by Gasteiger charge is 2.34. The number of carbonyl (C=O) groups excluding carboxylic acids is 2. The molecule has 1 aromatic carbocycles. The summed E-state index contributed by atoms with van der Waals surface area (Å²) >= 11 is 5.60. The van der Waals surface area contributed by atoms with Gasteiger partial charge in [0, 0.05) is 23.9 Å². The van der Waals surface area contributed by atoms with E-state index in [-0.39, 0.29) is 35.3 Å². The molecular formula is C17H12ClF3N2O4. The Morgan fingerprint density at radius 3 is 2.48 bits per heavy atom. The van der Waals surface area contributed by atoms with Gasteiger partial charge in [0.1, 0.15) is 5.69 Å². The first-order valence-electron chi connectivity index (χ1n) is 7.46. The first-order valence-corrected chi connectivity index (χ1v) is 7.83. The molecule has 1 amide bonds. The van der Waals surface area contributed by atoms with E-state index in [0.29, 0.717) is 6.29 Å². The monoisotopic (exact) mass is 400 g/mol. The number of aliphatic carboxylic acids is 1. The Balaban J connectivity index is 2.32. The number of nitrogens with one attached hydrogen (secondary N) is 1. The van der Waals surface area contributed by atoms with Crippen LogP contribution in [-0.4, -0.2) is 34.8 Å². The minimum absolute atomic E-state index is 0.0351. The van der Waals surface area contributed by atoms with Gasteiger partial charge in [0.15, 0.2) is 6.29 Å². The number of hydrogen-bond acceptors (Lipinski definition) is 4. The highest BCUT2D eigenvalue weighted by Crippen LogP contribution is 2.38. The maximum Gasteiger partial charge on any atom is 0.417 e. The molecule has 1 aromatic heterocycles. The van der Waals surface area contributed by atoms with E-state index in [2.05, 4.69) is 10.3 Å². The van der Waals surface area contributed by atoms with Crippen LogP contribution in [0, 0.1) is 0 Å². The van der Waals surface area contributed by atoms with Crippen LogP contribution < -0.4 is 5.32 Å². The molecule has 2 N–H and O–H groups in total. The van der Waals surface area contributed by atoms with Gasteiger partial charge in [0.2, 0.25) is 0 Å². The summed E-state index contributed by atoms with van der Waals surface area (Å²) in [6.45, 7) is -0.0982. The quantitative estimate of drug-likeness (QED) is 0.724. The molecule has 0 unspecified atom stereocenters. The summed E-state index contributed by atoms with van der Waals surface area (Å²) in [5.41, 5.74) is -1.07. The van der Waals surface area contributed by atoms with Crippen molar-refractivity contribution in [2.24, 2.45) is 0 Å². The van der Waals surface area contributed by atoms with Gasteiger partial charge in [-0.1, -0.05) is 17.7 Å². The van der Waals surface area contributed by atoms with E-state index < -0.39 is 28.6 Å². The zero-order valence-electron chi connectivity index (χ0n) is 13.5. The third-order valence-electron chi connectivity index (χ3n) is 3.50. The Kier molecular flexibility index (Phi) is 6.17. The summed E-state index contributed by atoms with van der Waals surface area (Å²) in [7, 11) is 0. The second kappa shape index (κ2) is 8.17. The van der Waals surface area contributed by atoms with Gasteiger partial charge in [0.05, 0.1) is 17.0 Å². The molecule has 6 nitrogen and oxygen atoms in total. The molecule has 27 heavy (non-hydrogen) atoms. The van der Waals surface area contributed by atoms with Crippen LogP contribution in [0.25, 0.3) is 11.1 Å². The fourth-order valence-corrected chi connectivity index (χ4v) is 2.49. The Morgan fingerprint density at radius 1 is 1.26 bits per heavy atom. The van der Waals surface area contributed by atoms with Crippen molar-refractivity contribution in [3.8, 4) is 11.1 Å². The molecule has 0 aliphatic rings. The topological polar surface area (TPSA) is 96.4 Å². The number of carboxylic acid groups (broad SMARTS) is 1. The van der Waals surface area contributed by atoms with E-state index in [4.69, 9.17) is 16.7 Å². The molecule has 0 aliphatic carbocycles. The van der Waals surface area contributed by atoms with Crippen LogP contribution >= 0.6 is 11.6 Å². The molecule has 0 aliphatic heterocycles. The van der Waals surface area contributed by atoms with E-state index >= 15 is 0 Å². The number of rotatable bonds is 6. The lowest BCUT2D eigenvalue weighted by molar-refractivity contribution is -0.138. The lowest BCUT2D eigenvalue weighted by atomic mass is 9.98. The van der Waals surface area contributed by atoms with Gasteiger partial charge < -0.3 is 10.4 Å². The number of alkyl halides is 3. The van der Waals surface area contributed by atoms with Crippen molar-refractivity contribution in [1.82, 2.24) is 10.3 Å². The molecule has 2 aromatic rings. The van der Waals surface area contributed by atoms with Crippen LogP contribution in [0.4, 0.5) is 13.2 Å². The van der Waals surface area contributed by atoms with Crippen LogP contribution in [0.15, 0.2) is 30.5 Å². The minimum atomic E-state index is -4.70. The fourth-order valence-electron chi connectivity index (χ4n) is 2.21. The number of amides is 1. The second-order valence-electron chi connectivity index (χ2n) is 5.37. The summed E-state index contributed by atoms with van der Waals surface area (Å²) in [6, 6.07) is 4.24. The van der Waals surface area contributed by atoms with Crippen molar-refractivity contribution in [3.63, 3.8) is 0 Å². The molecular weight excluding hydrogens is 389 g/mol. The molecule has 1 heterocycles. The molecule has 0 spiro atoms. The largest absolute Gasteiger partial charge is 0.481 e. The van der Waals surface area contributed by atoms with Gasteiger partial charge in [-0.05, 0) is 23.8 Å². The summed E-state index contributed by atoms with van der Waals surface area (Å²) in [4.78, 5) is 37.3. The SMILES string of the molecule is O=Cc1cc(Cl)c(C(F)(F)F)cc1-c1ccc(C(=O)NCCC(=O)O)nc1. The van der Waals surface area contributed by atoms with Crippen molar-refractivity contribution in [2.45, 2.75) is 12.6 Å². The van der Waals surface area contributed by atoms with Gasteiger partial charge in [-0.15, -0.1) is 0 Å². The van der Waals surface area contributed by atoms with E-state index in [1.165, 1.54) is 12.1 Å². The smallest absolute Gasteiger partial charge is 0.417 e. The van der Waals surface area contributed by atoms with Gasteiger partial charge in [-0.3, -0.25) is 19.4 Å². The third-order valence-corrected chi connectivity index (χ3v) is 3.82. The second-order valence-corrected chi connectivity index (χ2v) is 5.77. The zero-order valence-corrected chi connectivity index (χ0v) is 14.3. The van der Waals surface area contributed by atoms with Crippen LogP contribution in [0.1, 0.15) is 32.8 Å². The van der Waals surface area contributed by atoms with E-state index in [1.54, 1.807) is 0 Å². The van der Waals surface area contributed by atoms with E-state index in [9.17, 15) is 27.6 Å². The van der Waals surface area contributed by atoms with Crippen LogP contribution in [0.5, 0.6) is 0 Å². The maximum atomic E-state index is 13.0. The molecule has 0 fully saturated rings. The summed E-state index contributed by atoms with van der Waals surface area (Å²) in [5, 5.41) is 10.3. The third kappa shape index (κ3) is 5.04. The van der Waals surface area contributed by atoms with Crippen LogP contribution in [-0.2, 0) is 11.0 Å². The Morgan fingerprint density at radius 2 is 1.96 bits per heavy atom. The molecule has 0 saturated carbocycles. The standard InChI is InChI=1S/C17H12ClF3N2O4/c18-13-5-10(8-24)11(6-12(13)17(19,20)21)9-1-2-14(23-7-9)16(27)22-4-3-15(25)26/h1-2,5-8H,3-4H2,(H,22,27)(H,25,26). The fraction of sp³-hybridized carbons (Fsp3) is 0.176. The van der Waals surface area contributed by atoms with Crippen molar-refractivity contribution >= 4 is 29.8 Å². The van der Waals surface area contributed by atoms with Crippen LogP contribution in [0.2, 0.25) is 5.02 Å². The predicted octanol–water partition coefficient (Wildman–Crippen LogP) is 3.44. The highest BCUT2D eigenvalue weighted by molar-refractivity contribution is 6.32.